The SMILES string of the molecule is N/C=N\c1ncc(Oc2cc(F)cnc2F)cc1C(=O)Nc1ccc(F)cn1. The number of rotatable bonds is 5. The lowest BCUT2D eigenvalue weighted by Crippen LogP contribution is -2.14. The van der Waals surface area contributed by atoms with Crippen molar-refractivity contribution in [1.82, 2.24) is 15.0 Å². The van der Waals surface area contributed by atoms with Gasteiger partial charge in [-0.2, -0.15) is 4.39 Å². The molecule has 3 aromatic heterocycles. The molecule has 28 heavy (non-hydrogen) atoms. The Bertz CT molecular complexity index is 1040. The summed E-state index contributed by atoms with van der Waals surface area (Å²) >= 11 is 0. The molecule has 0 saturated heterocycles. The van der Waals surface area contributed by atoms with Gasteiger partial charge in [-0.3, -0.25) is 4.79 Å². The van der Waals surface area contributed by atoms with Crippen LogP contribution in [0.15, 0.2) is 47.8 Å². The first-order valence-electron chi connectivity index (χ1n) is 7.62. The van der Waals surface area contributed by atoms with Crippen LogP contribution in [0.2, 0.25) is 0 Å². The van der Waals surface area contributed by atoms with Gasteiger partial charge < -0.3 is 15.8 Å². The number of aromatic nitrogens is 3. The van der Waals surface area contributed by atoms with E-state index in [1.165, 1.54) is 12.1 Å². The largest absolute Gasteiger partial charge is 0.451 e. The highest BCUT2D eigenvalue weighted by molar-refractivity contribution is 6.07. The molecule has 0 aliphatic rings. The molecule has 3 N–H and O–H groups in total. The molecule has 11 heteroatoms. The zero-order valence-corrected chi connectivity index (χ0v) is 13.9. The number of nitrogens with zero attached hydrogens (tertiary/aromatic N) is 4. The maximum atomic E-state index is 13.7. The van der Waals surface area contributed by atoms with Gasteiger partial charge in [0, 0.05) is 6.07 Å². The van der Waals surface area contributed by atoms with Crippen molar-refractivity contribution in [1.29, 1.82) is 0 Å². The van der Waals surface area contributed by atoms with Crippen LogP contribution in [0.25, 0.3) is 0 Å². The number of hydrogen-bond acceptors (Lipinski definition) is 6. The molecule has 142 valence electrons. The Hall–Kier alpha value is -4.02. The molecule has 0 aliphatic carbocycles. The van der Waals surface area contributed by atoms with Crippen molar-refractivity contribution in [2.24, 2.45) is 10.7 Å². The second-order valence-electron chi connectivity index (χ2n) is 5.18. The molecule has 3 rings (SSSR count). The fourth-order valence-corrected chi connectivity index (χ4v) is 2.07. The highest BCUT2D eigenvalue weighted by Crippen LogP contribution is 2.27. The smallest absolute Gasteiger partial charge is 0.260 e. The van der Waals surface area contributed by atoms with Gasteiger partial charge in [0.25, 0.3) is 11.9 Å². The van der Waals surface area contributed by atoms with Crippen molar-refractivity contribution in [2.75, 3.05) is 5.32 Å². The Labute approximate surface area is 155 Å². The van der Waals surface area contributed by atoms with E-state index in [2.05, 4.69) is 25.3 Å². The van der Waals surface area contributed by atoms with Crippen LogP contribution >= 0.6 is 0 Å². The van der Waals surface area contributed by atoms with Crippen LogP contribution in [0.3, 0.4) is 0 Å². The van der Waals surface area contributed by atoms with Crippen LogP contribution in [0.5, 0.6) is 11.5 Å². The van der Waals surface area contributed by atoms with Gasteiger partial charge >= 0.3 is 0 Å². The van der Waals surface area contributed by atoms with Gasteiger partial charge in [0.1, 0.15) is 23.2 Å². The number of carbonyl (C=O) groups excluding carboxylic acids is 1. The molecule has 3 heterocycles. The third-order valence-electron chi connectivity index (χ3n) is 3.25. The number of hydrogen-bond donors (Lipinski definition) is 2. The van der Waals surface area contributed by atoms with Crippen LogP contribution in [0.4, 0.5) is 24.8 Å². The number of halogens is 3. The number of carbonyl (C=O) groups is 1. The monoisotopic (exact) mass is 388 g/mol. The fraction of sp³-hybridized carbons (Fsp3) is 0. The molecule has 0 atom stereocenters. The zero-order valence-electron chi connectivity index (χ0n) is 13.9. The molecule has 3 aromatic rings. The van der Waals surface area contributed by atoms with Crippen LogP contribution in [0, 0.1) is 17.6 Å². The van der Waals surface area contributed by atoms with E-state index in [-0.39, 0.29) is 22.9 Å². The van der Waals surface area contributed by atoms with Gasteiger partial charge in [0.2, 0.25) is 0 Å². The molecule has 8 nitrogen and oxygen atoms in total. The molecule has 0 saturated carbocycles. The Morgan fingerprint density at radius 1 is 1.07 bits per heavy atom. The highest BCUT2D eigenvalue weighted by atomic mass is 19.1. The van der Waals surface area contributed by atoms with E-state index >= 15 is 0 Å². The van der Waals surface area contributed by atoms with Crippen LogP contribution < -0.4 is 15.8 Å². The number of nitrogens with two attached hydrogens (primary N) is 1. The molecule has 0 aromatic carbocycles. The topological polar surface area (TPSA) is 115 Å². The third kappa shape index (κ3) is 4.38. The van der Waals surface area contributed by atoms with Gasteiger partial charge in [-0.1, -0.05) is 0 Å². The number of ether oxygens (including phenoxy) is 1. The maximum Gasteiger partial charge on any atom is 0.260 e. The van der Waals surface area contributed by atoms with E-state index < -0.39 is 29.2 Å². The first kappa shape index (κ1) is 18.8. The van der Waals surface area contributed by atoms with E-state index in [0.29, 0.717) is 6.20 Å². The fourth-order valence-electron chi connectivity index (χ4n) is 2.07. The summed E-state index contributed by atoms with van der Waals surface area (Å²) in [5.74, 6) is -3.72. The molecule has 0 aliphatic heterocycles. The predicted molar refractivity (Wildman–Crippen MR) is 93.0 cm³/mol. The summed E-state index contributed by atoms with van der Waals surface area (Å²) in [5, 5.41) is 2.42. The lowest BCUT2D eigenvalue weighted by molar-refractivity contribution is 0.102. The van der Waals surface area contributed by atoms with E-state index in [1.54, 1.807) is 0 Å². The van der Waals surface area contributed by atoms with Crippen molar-refractivity contribution < 1.29 is 22.7 Å². The minimum absolute atomic E-state index is 0.0627. The second-order valence-corrected chi connectivity index (χ2v) is 5.18. The zero-order chi connectivity index (χ0) is 20.1. The van der Waals surface area contributed by atoms with Gasteiger partial charge in [0.15, 0.2) is 11.6 Å². The maximum absolute atomic E-state index is 13.7. The van der Waals surface area contributed by atoms with Gasteiger partial charge in [0.05, 0.1) is 30.5 Å². The Balaban J connectivity index is 1.91. The number of aliphatic imine (C=N–C) groups is 1. The van der Waals surface area contributed by atoms with Crippen molar-refractivity contribution in [3.05, 3.63) is 66.0 Å². The molecular weight excluding hydrogens is 377 g/mol. The standard InChI is InChI=1S/C17H11F3N6O2/c18-9-1-2-14(22-5-9)26-17(27)12-4-11(7-24-16(12)25-8-21)28-13-3-10(19)6-23-15(13)20/h1-8H,(H2,21,24,25)(H,22,26,27). The summed E-state index contributed by atoms with van der Waals surface area (Å²) in [4.78, 5) is 27.1. The summed E-state index contributed by atoms with van der Waals surface area (Å²) in [5.41, 5.74) is 5.15. The van der Waals surface area contributed by atoms with E-state index in [1.807, 2.05) is 0 Å². The van der Waals surface area contributed by atoms with Crippen molar-refractivity contribution >= 4 is 23.9 Å². The quantitative estimate of drug-likeness (QED) is 0.394. The molecule has 1 amide bonds. The average molecular weight is 388 g/mol. The van der Waals surface area contributed by atoms with E-state index in [9.17, 15) is 18.0 Å². The first-order valence-corrected chi connectivity index (χ1v) is 7.62. The van der Waals surface area contributed by atoms with Crippen molar-refractivity contribution in [3.63, 3.8) is 0 Å². The van der Waals surface area contributed by atoms with Crippen LogP contribution in [-0.4, -0.2) is 27.2 Å². The lowest BCUT2D eigenvalue weighted by atomic mass is 10.2. The summed E-state index contributed by atoms with van der Waals surface area (Å²) < 4.78 is 45.0. The Kier molecular flexibility index (Phi) is 5.44. The molecule has 0 unspecified atom stereocenters. The summed E-state index contributed by atoms with van der Waals surface area (Å²) in [7, 11) is 0. The van der Waals surface area contributed by atoms with E-state index in [0.717, 1.165) is 30.9 Å². The van der Waals surface area contributed by atoms with Crippen molar-refractivity contribution in [2.45, 2.75) is 0 Å². The number of amides is 1. The second kappa shape index (κ2) is 8.12. The Morgan fingerprint density at radius 2 is 1.86 bits per heavy atom. The van der Waals surface area contributed by atoms with Crippen molar-refractivity contribution in [3.8, 4) is 11.5 Å². The molecule has 0 fully saturated rings. The summed E-state index contributed by atoms with van der Waals surface area (Å²) in [6, 6.07) is 4.34. The minimum Gasteiger partial charge on any atom is -0.451 e. The molecule has 0 spiro atoms. The summed E-state index contributed by atoms with van der Waals surface area (Å²) in [6.07, 6.45) is 3.67. The molecular formula is C17H11F3N6O2. The molecule has 0 radical (unpaired) electrons. The Morgan fingerprint density at radius 3 is 2.57 bits per heavy atom. The number of nitrogens with one attached hydrogen (secondary N) is 1. The van der Waals surface area contributed by atoms with Crippen LogP contribution in [-0.2, 0) is 0 Å². The lowest BCUT2D eigenvalue weighted by Gasteiger charge is -2.10. The predicted octanol–water partition coefficient (Wildman–Crippen LogP) is 2.95. The van der Waals surface area contributed by atoms with Gasteiger partial charge in [-0.25, -0.2) is 28.7 Å². The van der Waals surface area contributed by atoms with Gasteiger partial charge in [-0.05, 0) is 18.2 Å². The van der Waals surface area contributed by atoms with E-state index in [4.69, 9.17) is 10.5 Å². The average Bonchev–Trinajstić information content (AvgIpc) is 2.68. The number of anilines is 1. The van der Waals surface area contributed by atoms with Crippen LogP contribution in [0.1, 0.15) is 10.4 Å². The normalized spacial score (nSPS) is 10.8. The first-order chi connectivity index (χ1) is 13.5. The highest BCUT2D eigenvalue weighted by Gasteiger charge is 2.16. The molecule has 0 bridgehead atoms. The number of pyridine rings is 3. The third-order valence-corrected chi connectivity index (χ3v) is 3.25. The summed E-state index contributed by atoms with van der Waals surface area (Å²) in [6.45, 7) is 0. The minimum atomic E-state index is -1.05. The van der Waals surface area contributed by atoms with Gasteiger partial charge in [-0.15, -0.1) is 0 Å².